The van der Waals surface area contributed by atoms with Gasteiger partial charge in [-0.15, -0.1) is 0 Å². The van der Waals surface area contributed by atoms with Crippen molar-refractivity contribution in [3.05, 3.63) is 52.0 Å². The molecule has 0 spiro atoms. The van der Waals surface area contributed by atoms with Crippen LogP contribution in [0.1, 0.15) is 23.2 Å². The van der Waals surface area contributed by atoms with Crippen LogP contribution in [0.5, 0.6) is 11.5 Å². The van der Waals surface area contributed by atoms with Gasteiger partial charge in [0.2, 0.25) is 5.91 Å². The van der Waals surface area contributed by atoms with E-state index >= 15 is 0 Å². The zero-order valence-corrected chi connectivity index (χ0v) is 17.7. The number of amides is 2. The normalized spacial score (nSPS) is 14.4. The molecule has 0 bridgehead atoms. The molecular formula is C21H22Cl2N2O4. The van der Waals surface area contributed by atoms with Crippen molar-refractivity contribution in [2.75, 3.05) is 32.6 Å². The van der Waals surface area contributed by atoms with Crippen LogP contribution in [0.15, 0.2) is 36.4 Å². The van der Waals surface area contributed by atoms with E-state index in [0.717, 1.165) is 0 Å². The molecule has 2 aromatic rings. The Balaban J connectivity index is 1.62. The first-order chi connectivity index (χ1) is 13.9. The van der Waals surface area contributed by atoms with Gasteiger partial charge in [0.05, 0.1) is 24.9 Å². The number of likely N-dealkylation sites (tertiary alicyclic amines) is 1. The summed E-state index contributed by atoms with van der Waals surface area (Å²) in [5, 5.41) is 3.77. The topological polar surface area (TPSA) is 67.9 Å². The number of hydrogen-bond acceptors (Lipinski definition) is 4. The zero-order chi connectivity index (χ0) is 21.0. The molecule has 0 atom stereocenters. The Hall–Kier alpha value is -2.44. The van der Waals surface area contributed by atoms with Crippen LogP contribution < -0.4 is 14.8 Å². The van der Waals surface area contributed by atoms with Gasteiger partial charge in [0, 0.05) is 35.7 Å². The first-order valence-electron chi connectivity index (χ1n) is 9.19. The molecular weight excluding hydrogens is 415 g/mol. The van der Waals surface area contributed by atoms with Crippen LogP contribution in [-0.2, 0) is 4.79 Å². The fourth-order valence-corrected chi connectivity index (χ4v) is 3.62. The van der Waals surface area contributed by atoms with Crippen molar-refractivity contribution in [3.8, 4) is 11.5 Å². The summed E-state index contributed by atoms with van der Waals surface area (Å²) < 4.78 is 10.5. The maximum Gasteiger partial charge on any atom is 0.254 e. The molecule has 1 fully saturated rings. The number of carbonyl (C=O) groups excluding carboxylic acids is 2. The number of methoxy groups -OCH3 is 2. The SMILES string of the molecule is COc1cc(OC)cc(C(=O)N2CCC(C(=O)Nc3cc(Cl)ccc3Cl)CC2)c1. The fourth-order valence-electron chi connectivity index (χ4n) is 3.29. The predicted molar refractivity (Wildman–Crippen MR) is 113 cm³/mol. The molecule has 1 saturated heterocycles. The number of benzene rings is 2. The molecule has 3 rings (SSSR count). The van der Waals surface area contributed by atoms with Crippen molar-refractivity contribution >= 4 is 40.7 Å². The smallest absolute Gasteiger partial charge is 0.254 e. The lowest BCUT2D eigenvalue weighted by Gasteiger charge is -2.31. The minimum Gasteiger partial charge on any atom is -0.497 e. The Morgan fingerprint density at radius 1 is 1.00 bits per heavy atom. The lowest BCUT2D eigenvalue weighted by molar-refractivity contribution is -0.121. The number of nitrogens with zero attached hydrogens (tertiary/aromatic N) is 1. The highest BCUT2D eigenvalue weighted by molar-refractivity contribution is 6.35. The Morgan fingerprint density at radius 3 is 2.21 bits per heavy atom. The summed E-state index contributed by atoms with van der Waals surface area (Å²) >= 11 is 12.1. The zero-order valence-electron chi connectivity index (χ0n) is 16.2. The summed E-state index contributed by atoms with van der Waals surface area (Å²) in [4.78, 5) is 27.2. The Bertz CT molecular complexity index is 889. The highest BCUT2D eigenvalue weighted by Gasteiger charge is 2.28. The second-order valence-corrected chi connectivity index (χ2v) is 7.62. The number of piperidine rings is 1. The summed E-state index contributed by atoms with van der Waals surface area (Å²) in [5.74, 6) is 0.679. The van der Waals surface area contributed by atoms with Crippen molar-refractivity contribution in [1.29, 1.82) is 0 Å². The minimum atomic E-state index is -0.200. The highest BCUT2D eigenvalue weighted by atomic mass is 35.5. The maximum absolute atomic E-state index is 12.9. The van der Waals surface area contributed by atoms with Crippen LogP contribution in [0.25, 0.3) is 0 Å². The van der Waals surface area contributed by atoms with E-state index in [0.29, 0.717) is 58.7 Å². The maximum atomic E-state index is 12.9. The molecule has 154 valence electrons. The third-order valence-corrected chi connectivity index (χ3v) is 5.50. The van der Waals surface area contributed by atoms with E-state index in [1.165, 1.54) is 0 Å². The molecule has 1 aliphatic rings. The van der Waals surface area contributed by atoms with Gasteiger partial charge in [0.25, 0.3) is 5.91 Å². The molecule has 0 saturated carbocycles. The lowest BCUT2D eigenvalue weighted by Crippen LogP contribution is -2.41. The predicted octanol–water partition coefficient (Wildman–Crippen LogP) is 4.50. The Labute approximate surface area is 179 Å². The lowest BCUT2D eigenvalue weighted by atomic mass is 9.95. The molecule has 0 radical (unpaired) electrons. The largest absolute Gasteiger partial charge is 0.497 e. The van der Waals surface area contributed by atoms with Gasteiger partial charge in [0.15, 0.2) is 0 Å². The van der Waals surface area contributed by atoms with Gasteiger partial charge in [-0.05, 0) is 43.2 Å². The molecule has 8 heteroatoms. The molecule has 29 heavy (non-hydrogen) atoms. The van der Waals surface area contributed by atoms with Crippen LogP contribution >= 0.6 is 23.2 Å². The van der Waals surface area contributed by atoms with Crippen molar-refractivity contribution in [2.24, 2.45) is 5.92 Å². The van der Waals surface area contributed by atoms with Crippen LogP contribution in [0.3, 0.4) is 0 Å². The first kappa shape index (κ1) is 21.3. The minimum absolute atomic E-state index is 0.112. The first-order valence-corrected chi connectivity index (χ1v) is 9.95. The van der Waals surface area contributed by atoms with Crippen LogP contribution in [0.4, 0.5) is 5.69 Å². The molecule has 0 aromatic heterocycles. The van der Waals surface area contributed by atoms with Crippen molar-refractivity contribution < 1.29 is 19.1 Å². The summed E-state index contributed by atoms with van der Waals surface area (Å²) in [7, 11) is 3.08. The fraction of sp³-hybridized carbons (Fsp3) is 0.333. The number of halogens is 2. The molecule has 2 aromatic carbocycles. The average molecular weight is 437 g/mol. The summed E-state index contributed by atoms with van der Waals surface area (Å²) in [6.07, 6.45) is 1.13. The van der Waals surface area contributed by atoms with Gasteiger partial charge >= 0.3 is 0 Å². The van der Waals surface area contributed by atoms with Gasteiger partial charge in [0.1, 0.15) is 11.5 Å². The third-order valence-electron chi connectivity index (χ3n) is 4.94. The van der Waals surface area contributed by atoms with Gasteiger partial charge in [-0.25, -0.2) is 0 Å². The average Bonchev–Trinajstić information content (AvgIpc) is 2.75. The second-order valence-electron chi connectivity index (χ2n) is 6.78. The van der Waals surface area contributed by atoms with Crippen molar-refractivity contribution in [1.82, 2.24) is 4.90 Å². The summed E-state index contributed by atoms with van der Waals surface area (Å²) in [5.41, 5.74) is 0.987. The molecule has 6 nitrogen and oxygen atoms in total. The van der Waals surface area contributed by atoms with E-state index in [-0.39, 0.29) is 17.7 Å². The van der Waals surface area contributed by atoms with E-state index in [4.69, 9.17) is 32.7 Å². The third kappa shape index (κ3) is 5.14. The molecule has 1 heterocycles. The van der Waals surface area contributed by atoms with Crippen molar-refractivity contribution in [3.63, 3.8) is 0 Å². The van der Waals surface area contributed by atoms with E-state index in [1.54, 1.807) is 55.5 Å². The van der Waals surface area contributed by atoms with Crippen LogP contribution in [0.2, 0.25) is 10.0 Å². The quantitative estimate of drug-likeness (QED) is 0.748. The number of ether oxygens (including phenoxy) is 2. The van der Waals surface area contributed by atoms with E-state index in [9.17, 15) is 9.59 Å². The van der Waals surface area contributed by atoms with Crippen LogP contribution in [-0.4, -0.2) is 44.0 Å². The number of nitrogens with one attached hydrogen (secondary N) is 1. The monoisotopic (exact) mass is 436 g/mol. The van der Waals surface area contributed by atoms with E-state index in [2.05, 4.69) is 5.32 Å². The molecule has 0 aliphatic carbocycles. The molecule has 1 aliphatic heterocycles. The van der Waals surface area contributed by atoms with Gasteiger partial charge < -0.3 is 19.7 Å². The summed E-state index contributed by atoms with van der Waals surface area (Å²) in [6, 6.07) is 10.0. The number of rotatable bonds is 5. The van der Waals surface area contributed by atoms with Gasteiger partial charge in [-0.2, -0.15) is 0 Å². The molecule has 1 N–H and O–H groups in total. The van der Waals surface area contributed by atoms with E-state index < -0.39 is 0 Å². The van der Waals surface area contributed by atoms with E-state index in [1.807, 2.05) is 0 Å². The van der Waals surface area contributed by atoms with Gasteiger partial charge in [-0.1, -0.05) is 23.2 Å². The highest BCUT2D eigenvalue weighted by Crippen LogP contribution is 2.28. The Morgan fingerprint density at radius 2 is 1.62 bits per heavy atom. The van der Waals surface area contributed by atoms with Crippen molar-refractivity contribution in [2.45, 2.75) is 12.8 Å². The molecule has 0 unspecified atom stereocenters. The van der Waals surface area contributed by atoms with Gasteiger partial charge in [-0.3, -0.25) is 9.59 Å². The molecule has 2 amide bonds. The number of carbonyl (C=O) groups is 2. The second kappa shape index (κ2) is 9.37. The number of anilines is 1. The number of hydrogen-bond donors (Lipinski definition) is 1. The van der Waals surface area contributed by atoms with Crippen LogP contribution in [0, 0.1) is 5.92 Å². The summed E-state index contributed by atoms with van der Waals surface area (Å²) in [6.45, 7) is 0.972. The standard InChI is InChI=1S/C21H22Cl2N2O4/c1-28-16-9-14(10-17(12-16)29-2)21(27)25-7-5-13(6-8-25)20(26)24-19-11-15(22)3-4-18(19)23/h3-4,9-13H,5-8H2,1-2H3,(H,24,26). The Kier molecular flexibility index (Phi) is 6.87.